The lowest BCUT2D eigenvalue weighted by molar-refractivity contribution is -0.384. The van der Waals surface area contributed by atoms with E-state index in [1.807, 2.05) is 25.1 Å². The highest BCUT2D eigenvalue weighted by Crippen LogP contribution is 2.32. The number of carbonyl (C=O) groups excluding carboxylic acids is 1. The minimum atomic E-state index is -0.427. The van der Waals surface area contributed by atoms with Crippen molar-refractivity contribution in [3.8, 4) is 11.5 Å². The van der Waals surface area contributed by atoms with Gasteiger partial charge in [-0.15, -0.1) is 11.8 Å². The van der Waals surface area contributed by atoms with Crippen molar-refractivity contribution in [3.63, 3.8) is 0 Å². The fourth-order valence-corrected chi connectivity index (χ4v) is 3.47. The number of ether oxygens (including phenoxy) is 2. The van der Waals surface area contributed by atoms with Crippen molar-refractivity contribution in [2.24, 2.45) is 0 Å². The van der Waals surface area contributed by atoms with Crippen molar-refractivity contribution in [1.82, 2.24) is 5.32 Å². The summed E-state index contributed by atoms with van der Waals surface area (Å²) in [6.07, 6.45) is 0. The van der Waals surface area contributed by atoms with Crippen LogP contribution in [-0.2, 0) is 10.5 Å². The SMILES string of the molecule is CC(NC(=O)CSCc1ccc([N+](=O)[O-])cc1)c1ccc2c(c1)OCCO2. The molecule has 8 heteroatoms. The van der Waals surface area contributed by atoms with Crippen molar-refractivity contribution >= 4 is 23.4 Å². The maximum Gasteiger partial charge on any atom is 0.269 e. The zero-order valence-corrected chi connectivity index (χ0v) is 15.7. The van der Waals surface area contributed by atoms with Crippen LogP contribution in [0.15, 0.2) is 42.5 Å². The van der Waals surface area contributed by atoms with Crippen molar-refractivity contribution < 1.29 is 19.2 Å². The minimum Gasteiger partial charge on any atom is -0.486 e. The summed E-state index contributed by atoms with van der Waals surface area (Å²) < 4.78 is 11.1. The highest BCUT2D eigenvalue weighted by molar-refractivity contribution is 7.99. The van der Waals surface area contributed by atoms with Crippen LogP contribution in [0, 0.1) is 10.1 Å². The van der Waals surface area contributed by atoms with Gasteiger partial charge < -0.3 is 14.8 Å². The molecule has 0 saturated heterocycles. The molecule has 1 amide bonds. The van der Waals surface area contributed by atoms with Gasteiger partial charge in [0.1, 0.15) is 13.2 Å². The molecule has 1 N–H and O–H groups in total. The number of nitro benzene ring substituents is 1. The molecule has 1 aliphatic rings. The Hall–Kier alpha value is -2.74. The van der Waals surface area contributed by atoms with Gasteiger partial charge in [-0.25, -0.2) is 0 Å². The number of hydrogen-bond donors (Lipinski definition) is 1. The summed E-state index contributed by atoms with van der Waals surface area (Å²) in [6.45, 7) is 2.99. The highest BCUT2D eigenvalue weighted by atomic mass is 32.2. The van der Waals surface area contributed by atoms with E-state index in [0.717, 1.165) is 16.9 Å². The average Bonchev–Trinajstić information content (AvgIpc) is 2.68. The molecule has 0 spiro atoms. The van der Waals surface area contributed by atoms with Crippen molar-refractivity contribution in [3.05, 3.63) is 63.7 Å². The van der Waals surface area contributed by atoms with Crippen molar-refractivity contribution in [2.75, 3.05) is 19.0 Å². The lowest BCUT2D eigenvalue weighted by Crippen LogP contribution is -2.28. The monoisotopic (exact) mass is 388 g/mol. The Morgan fingerprint density at radius 3 is 2.59 bits per heavy atom. The fraction of sp³-hybridized carbons (Fsp3) is 0.316. The molecule has 1 aliphatic heterocycles. The number of rotatable bonds is 7. The number of fused-ring (bicyclic) bond motifs is 1. The predicted molar refractivity (Wildman–Crippen MR) is 103 cm³/mol. The molecule has 7 nitrogen and oxygen atoms in total. The molecule has 0 radical (unpaired) electrons. The summed E-state index contributed by atoms with van der Waals surface area (Å²) in [4.78, 5) is 22.4. The quantitative estimate of drug-likeness (QED) is 0.577. The van der Waals surface area contributed by atoms with Gasteiger partial charge in [-0.2, -0.15) is 0 Å². The van der Waals surface area contributed by atoms with E-state index >= 15 is 0 Å². The van der Waals surface area contributed by atoms with Gasteiger partial charge in [-0.05, 0) is 30.2 Å². The minimum absolute atomic E-state index is 0.0646. The van der Waals surface area contributed by atoms with Gasteiger partial charge in [0, 0.05) is 17.9 Å². The number of nitrogens with zero attached hydrogens (tertiary/aromatic N) is 1. The molecule has 142 valence electrons. The van der Waals surface area contributed by atoms with Crippen LogP contribution in [0.1, 0.15) is 24.1 Å². The smallest absolute Gasteiger partial charge is 0.269 e. The van der Waals surface area contributed by atoms with E-state index in [9.17, 15) is 14.9 Å². The highest BCUT2D eigenvalue weighted by Gasteiger charge is 2.16. The maximum absolute atomic E-state index is 12.2. The first-order chi connectivity index (χ1) is 13.0. The zero-order valence-electron chi connectivity index (χ0n) is 14.8. The molecule has 2 aromatic rings. The molecule has 1 unspecified atom stereocenters. The largest absolute Gasteiger partial charge is 0.486 e. The Balaban J connectivity index is 1.46. The molecule has 0 aliphatic carbocycles. The Kier molecular flexibility index (Phi) is 6.18. The first kappa shape index (κ1) is 19.0. The Labute approximate surface area is 161 Å². The van der Waals surface area contributed by atoms with Crippen molar-refractivity contribution in [1.29, 1.82) is 0 Å². The van der Waals surface area contributed by atoms with E-state index in [1.165, 1.54) is 23.9 Å². The van der Waals surface area contributed by atoms with E-state index in [1.54, 1.807) is 12.1 Å². The third kappa shape index (κ3) is 5.13. The lowest BCUT2D eigenvalue weighted by Gasteiger charge is -2.21. The second-order valence-corrected chi connectivity index (χ2v) is 7.09. The second kappa shape index (κ2) is 8.77. The maximum atomic E-state index is 12.2. The normalized spacial score (nSPS) is 13.7. The molecule has 2 aromatic carbocycles. The van der Waals surface area contributed by atoms with E-state index < -0.39 is 4.92 Å². The summed E-state index contributed by atoms with van der Waals surface area (Å²) >= 11 is 1.46. The van der Waals surface area contributed by atoms with E-state index in [4.69, 9.17) is 9.47 Å². The van der Waals surface area contributed by atoms with Crippen LogP contribution in [0.25, 0.3) is 0 Å². The lowest BCUT2D eigenvalue weighted by atomic mass is 10.1. The van der Waals surface area contributed by atoms with Crippen LogP contribution >= 0.6 is 11.8 Å². The zero-order chi connectivity index (χ0) is 19.2. The number of non-ortho nitro benzene ring substituents is 1. The molecular weight excluding hydrogens is 368 g/mol. The first-order valence-electron chi connectivity index (χ1n) is 8.53. The molecule has 1 heterocycles. The van der Waals surface area contributed by atoms with Gasteiger partial charge in [-0.1, -0.05) is 18.2 Å². The number of carbonyl (C=O) groups is 1. The molecule has 0 fully saturated rings. The topological polar surface area (TPSA) is 90.7 Å². The average molecular weight is 388 g/mol. The number of nitrogens with one attached hydrogen (secondary N) is 1. The van der Waals surface area contributed by atoms with Crippen LogP contribution in [0.5, 0.6) is 11.5 Å². The first-order valence-corrected chi connectivity index (χ1v) is 9.68. The van der Waals surface area contributed by atoms with Crippen LogP contribution in [0.3, 0.4) is 0 Å². The Bertz CT molecular complexity index is 825. The Morgan fingerprint density at radius 2 is 1.89 bits per heavy atom. The molecule has 0 saturated carbocycles. The predicted octanol–water partition coefficient (Wildman–Crippen LogP) is 3.48. The summed E-state index contributed by atoms with van der Waals surface area (Å²) in [5.41, 5.74) is 1.96. The summed E-state index contributed by atoms with van der Waals surface area (Å²) in [6, 6.07) is 11.9. The van der Waals surface area contributed by atoms with Crippen LogP contribution < -0.4 is 14.8 Å². The third-order valence-electron chi connectivity index (χ3n) is 4.09. The van der Waals surface area contributed by atoms with E-state index in [0.29, 0.717) is 30.5 Å². The number of amides is 1. The fourth-order valence-electron chi connectivity index (χ4n) is 2.67. The van der Waals surface area contributed by atoms with E-state index in [-0.39, 0.29) is 17.6 Å². The molecule has 3 rings (SSSR count). The molecule has 0 aromatic heterocycles. The molecule has 27 heavy (non-hydrogen) atoms. The number of hydrogen-bond acceptors (Lipinski definition) is 6. The number of nitro groups is 1. The van der Waals surface area contributed by atoms with Gasteiger partial charge in [0.25, 0.3) is 5.69 Å². The summed E-state index contributed by atoms with van der Waals surface area (Å²) in [7, 11) is 0. The van der Waals surface area contributed by atoms with Gasteiger partial charge in [0.05, 0.1) is 16.7 Å². The van der Waals surface area contributed by atoms with Crippen molar-refractivity contribution in [2.45, 2.75) is 18.7 Å². The molecular formula is C19H20N2O5S. The second-order valence-electron chi connectivity index (χ2n) is 6.11. The Morgan fingerprint density at radius 1 is 1.19 bits per heavy atom. The number of benzene rings is 2. The standard InChI is InChI=1S/C19H20N2O5S/c1-13(15-4-7-17-18(10-15)26-9-8-25-17)20-19(22)12-27-11-14-2-5-16(6-3-14)21(23)24/h2-7,10,13H,8-9,11-12H2,1H3,(H,20,22). The van der Waals surface area contributed by atoms with Crippen LogP contribution in [0.4, 0.5) is 5.69 Å². The van der Waals surface area contributed by atoms with E-state index in [2.05, 4.69) is 5.32 Å². The van der Waals surface area contributed by atoms with Crippen LogP contribution in [-0.4, -0.2) is 29.8 Å². The van der Waals surface area contributed by atoms with Crippen LogP contribution in [0.2, 0.25) is 0 Å². The van der Waals surface area contributed by atoms with Gasteiger partial charge in [0.15, 0.2) is 11.5 Å². The molecule has 1 atom stereocenters. The van der Waals surface area contributed by atoms with Gasteiger partial charge in [0.2, 0.25) is 5.91 Å². The molecule has 0 bridgehead atoms. The summed E-state index contributed by atoms with van der Waals surface area (Å²) in [5, 5.41) is 13.6. The van der Waals surface area contributed by atoms with Gasteiger partial charge in [-0.3, -0.25) is 14.9 Å². The number of thioether (sulfide) groups is 1. The van der Waals surface area contributed by atoms with Gasteiger partial charge >= 0.3 is 0 Å². The third-order valence-corrected chi connectivity index (χ3v) is 5.10. The summed E-state index contributed by atoms with van der Waals surface area (Å²) in [5.74, 6) is 2.29.